The average Bonchev–Trinajstić information content (AvgIpc) is 2.60. The number of hydrogen-bond acceptors (Lipinski definition) is 3. The van der Waals surface area contributed by atoms with Gasteiger partial charge in [0.25, 0.3) is 0 Å². The summed E-state index contributed by atoms with van der Waals surface area (Å²) in [5.74, 6) is -57.2. The molecule has 1 unspecified atom stereocenters. The first-order valence-corrected chi connectivity index (χ1v) is 7.89. The molecule has 1 atom stereocenters. The monoisotopic (exact) mass is 512 g/mol. The van der Waals surface area contributed by atoms with Gasteiger partial charge in [-0.3, -0.25) is 9.59 Å². The SMILES string of the molecule is CCOC(=O)C(CC)C(=O)C(F)(F)C(F)(F)C(F)(F)C(F)(F)C(F)(F)C(F)(F)C(F)(F)F. The molecular weight excluding hydrogens is 501 g/mol. The van der Waals surface area contributed by atoms with E-state index < -0.39 is 72.4 Å². The summed E-state index contributed by atoms with van der Waals surface area (Å²) in [5.41, 5.74) is 0. The minimum Gasteiger partial charge on any atom is -0.465 e. The van der Waals surface area contributed by atoms with Crippen LogP contribution in [0.25, 0.3) is 0 Å². The van der Waals surface area contributed by atoms with Crippen molar-refractivity contribution in [1.29, 1.82) is 0 Å². The van der Waals surface area contributed by atoms with Gasteiger partial charge in [-0.1, -0.05) is 6.92 Å². The van der Waals surface area contributed by atoms with E-state index in [9.17, 15) is 75.4 Å². The largest absolute Gasteiger partial charge is 0.465 e. The van der Waals surface area contributed by atoms with Crippen molar-refractivity contribution in [3.8, 4) is 0 Å². The number of rotatable bonds is 10. The van der Waals surface area contributed by atoms with Crippen molar-refractivity contribution in [3.05, 3.63) is 0 Å². The Balaban J connectivity index is 6.65. The Labute approximate surface area is 167 Å². The van der Waals surface area contributed by atoms with Crippen LogP contribution in [0.2, 0.25) is 0 Å². The molecule has 0 N–H and O–H groups in total. The van der Waals surface area contributed by atoms with Gasteiger partial charge in [-0.25, -0.2) is 0 Å². The van der Waals surface area contributed by atoms with Crippen molar-refractivity contribution in [2.24, 2.45) is 5.92 Å². The second kappa shape index (κ2) is 8.46. The Hall–Kier alpha value is -1.91. The van der Waals surface area contributed by atoms with Crippen LogP contribution in [0.3, 0.4) is 0 Å². The molecule has 32 heavy (non-hydrogen) atoms. The highest BCUT2D eigenvalue weighted by Gasteiger charge is 2.94. The molecule has 18 heteroatoms. The van der Waals surface area contributed by atoms with Crippen molar-refractivity contribution in [3.63, 3.8) is 0 Å². The van der Waals surface area contributed by atoms with E-state index in [-0.39, 0.29) is 0 Å². The molecule has 0 radical (unpaired) electrons. The molecule has 0 aromatic carbocycles. The summed E-state index contributed by atoms with van der Waals surface area (Å²) in [6.45, 7) is 0.926. The fraction of sp³-hybridized carbons (Fsp3) is 0.857. The van der Waals surface area contributed by atoms with Gasteiger partial charge in [-0.2, -0.15) is 65.9 Å². The first-order chi connectivity index (χ1) is 13.8. The lowest BCUT2D eigenvalue weighted by molar-refractivity contribution is -0.449. The molecule has 0 rings (SSSR count). The van der Waals surface area contributed by atoms with Crippen LogP contribution >= 0.6 is 0 Å². The third-order valence-corrected chi connectivity index (χ3v) is 3.93. The highest BCUT2D eigenvalue weighted by molar-refractivity contribution is 6.03. The van der Waals surface area contributed by atoms with Crippen molar-refractivity contribution >= 4 is 11.8 Å². The van der Waals surface area contributed by atoms with Gasteiger partial charge in [-0.05, 0) is 13.3 Å². The highest BCUT2D eigenvalue weighted by atomic mass is 19.4. The summed E-state index contributed by atoms with van der Waals surface area (Å²) in [7, 11) is 0. The predicted molar refractivity (Wildman–Crippen MR) is 71.2 cm³/mol. The summed E-state index contributed by atoms with van der Waals surface area (Å²) in [6.07, 6.45) is -8.92. The van der Waals surface area contributed by atoms with Crippen molar-refractivity contribution in [2.45, 2.75) is 62.0 Å². The van der Waals surface area contributed by atoms with Crippen LogP contribution in [0.4, 0.5) is 65.9 Å². The Kier molecular flexibility index (Phi) is 7.95. The maximum absolute atomic E-state index is 13.8. The van der Waals surface area contributed by atoms with Crippen LogP contribution in [0.5, 0.6) is 0 Å². The normalized spacial score (nSPS) is 16.0. The first kappa shape index (κ1) is 30.1. The number of esters is 1. The van der Waals surface area contributed by atoms with Gasteiger partial charge in [0.05, 0.1) is 6.61 Å². The third kappa shape index (κ3) is 4.08. The number of ketones is 1. The number of ether oxygens (including phenoxy) is 1. The molecule has 0 bridgehead atoms. The zero-order chi connectivity index (χ0) is 26.4. The fourth-order valence-corrected chi connectivity index (χ4v) is 2.04. The highest BCUT2D eigenvalue weighted by Crippen LogP contribution is 2.62. The second-order valence-electron chi connectivity index (χ2n) is 6.02. The van der Waals surface area contributed by atoms with E-state index in [0.717, 1.165) is 6.92 Å². The molecule has 0 aliphatic carbocycles. The van der Waals surface area contributed by atoms with Crippen LogP contribution in [-0.2, 0) is 14.3 Å². The number of carbonyl (C=O) groups excluding carboxylic acids is 2. The Morgan fingerprint density at radius 2 is 0.969 bits per heavy atom. The summed E-state index contributed by atoms with van der Waals surface area (Å²) < 4.78 is 200. The Morgan fingerprint density at radius 1 is 0.625 bits per heavy atom. The number of Topliss-reactive ketones (excluding diaryl/α,β-unsaturated/α-hetero) is 1. The lowest BCUT2D eigenvalue weighted by Gasteiger charge is -2.41. The molecule has 0 amide bonds. The van der Waals surface area contributed by atoms with Gasteiger partial charge in [0.2, 0.25) is 5.78 Å². The quantitative estimate of drug-likeness (QED) is 0.220. The fourth-order valence-electron chi connectivity index (χ4n) is 2.04. The molecule has 0 saturated carbocycles. The molecule has 0 aromatic rings. The topological polar surface area (TPSA) is 43.4 Å². The van der Waals surface area contributed by atoms with Crippen molar-refractivity contribution in [1.82, 2.24) is 0 Å². The number of alkyl halides is 15. The summed E-state index contributed by atoms with van der Waals surface area (Å²) in [6, 6.07) is 0. The van der Waals surface area contributed by atoms with Gasteiger partial charge in [0, 0.05) is 0 Å². The summed E-state index contributed by atoms with van der Waals surface area (Å²) in [4.78, 5) is 22.8. The van der Waals surface area contributed by atoms with Crippen LogP contribution in [0.15, 0.2) is 0 Å². The molecular formula is C14H11F15O3. The van der Waals surface area contributed by atoms with Crippen LogP contribution in [0, 0.1) is 5.92 Å². The molecule has 0 spiro atoms. The molecule has 0 heterocycles. The minimum atomic E-state index is -8.50. The van der Waals surface area contributed by atoms with Gasteiger partial charge in [0.15, 0.2) is 0 Å². The number of halogens is 15. The predicted octanol–water partition coefficient (Wildman–Crippen LogP) is 5.52. The molecule has 0 aliphatic heterocycles. The molecule has 0 aliphatic rings. The van der Waals surface area contributed by atoms with E-state index in [4.69, 9.17) is 0 Å². The van der Waals surface area contributed by atoms with Crippen LogP contribution in [-0.4, -0.2) is 60.1 Å². The lowest BCUT2D eigenvalue weighted by atomic mass is 9.86. The number of hydrogen-bond donors (Lipinski definition) is 0. The molecule has 3 nitrogen and oxygen atoms in total. The van der Waals surface area contributed by atoms with Crippen molar-refractivity contribution in [2.75, 3.05) is 6.61 Å². The maximum atomic E-state index is 13.8. The average molecular weight is 512 g/mol. The smallest absolute Gasteiger partial charge is 0.460 e. The zero-order valence-electron chi connectivity index (χ0n) is 15.4. The van der Waals surface area contributed by atoms with E-state index in [2.05, 4.69) is 4.74 Å². The summed E-state index contributed by atoms with van der Waals surface area (Å²) >= 11 is 0. The first-order valence-electron chi connectivity index (χ1n) is 7.89. The Bertz CT molecular complexity index is 711. The van der Waals surface area contributed by atoms with Gasteiger partial charge in [-0.15, -0.1) is 0 Å². The molecule has 0 fully saturated rings. The van der Waals surface area contributed by atoms with E-state index in [0.29, 0.717) is 6.92 Å². The standard InChI is InChI=1S/C14H11F15O3/c1-3-5(7(31)32-4-2)6(30)8(15,16)9(17,18)10(19,20)11(21,22)12(23,24)13(25,26)14(27,28)29/h5H,3-4H2,1-2H3. The van der Waals surface area contributed by atoms with E-state index in [1.165, 1.54) is 0 Å². The van der Waals surface area contributed by atoms with Gasteiger partial charge in [0.1, 0.15) is 5.92 Å². The third-order valence-electron chi connectivity index (χ3n) is 3.93. The van der Waals surface area contributed by atoms with E-state index >= 15 is 0 Å². The second-order valence-corrected chi connectivity index (χ2v) is 6.02. The van der Waals surface area contributed by atoms with E-state index in [1.807, 2.05) is 0 Å². The van der Waals surface area contributed by atoms with Gasteiger partial charge < -0.3 is 4.74 Å². The van der Waals surface area contributed by atoms with Crippen LogP contribution in [0.1, 0.15) is 20.3 Å². The van der Waals surface area contributed by atoms with Crippen LogP contribution < -0.4 is 0 Å². The Morgan fingerprint density at radius 3 is 1.28 bits per heavy atom. The molecule has 190 valence electrons. The lowest BCUT2D eigenvalue weighted by Crippen LogP contribution is -2.73. The summed E-state index contributed by atoms with van der Waals surface area (Å²) in [5, 5.41) is 0. The molecule has 0 saturated heterocycles. The number of carbonyl (C=O) groups is 2. The van der Waals surface area contributed by atoms with Crippen molar-refractivity contribution < 1.29 is 80.2 Å². The minimum absolute atomic E-state index is 0.637. The zero-order valence-corrected chi connectivity index (χ0v) is 15.4. The molecule has 0 aromatic heterocycles. The maximum Gasteiger partial charge on any atom is 0.460 e. The van der Waals surface area contributed by atoms with Gasteiger partial charge >= 0.3 is 47.7 Å². The van der Waals surface area contributed by atoms with E-state index in [1.54, 1.807) is 0 Å².